The molecule has 0 bridgehead atoms. The van der Waals surface area contributed by atoms with Crippen LogP contribution in [0.2, 0.25) is 0 Å². The number of nitrogens with one attached hydrogen (secondary N) is 2. The number of carbonyl (C=O) groups is 1. The van der Waals surface area contributed by atoms with Gasteiger partial charge in [-0.1, -0.05) is 11.3 Å². The van der Waals surface area contributed by atoms with Gasteiger partial charge in [-0.15, -0.1) is 11.3 Å². The van der Waals surface area contributed by atoms with E-state index in [0.29, 0.717) is 30.8 Å². The lowest BCUT2D eigenvalue weighted by atomic mass is 9.94. The van der Waals surface area contributed by atoms with E-state index in [2.05, 4.69) is 15.0 Å². The molecule has 0 atom stereocenters. The summed E-state index contributed by atoms with van der Waals surface area (Å²) in [5.74, 6) is -0.194. The van der Waals surface area contributed by atoms with E-state index in [1.165, 1.54) is 18.3 Å². The van der Waals surface area contributed by atoms with Crippen molar-refractivity contribution in [1.82, 2.24) is 9.71 Å². The summed E-state index contributed by atoms with van der Waals surface area (Å²) in [6.45, 7) is 3.25. The number of aliphatic hydroxyl groups excluding tert-OH is 1. The van der Waals surface area contributed by atoms with Crippen molar-refractivity contribution in [2.24, 2.45) is 0 Å². The number of aliphatic hydroxyl groups is 1. The molecule has 1 aliphatic rings. The number of aromatic nitrogens is 1. The normalized spacial score (nSPS) is 20.9. The molecule has 26 heavy (non-hydrogen) atoms. The molecule has 7 nitrogen and oxygen atoms in total. The number of sulfonamides is 1. The van der Waals surface area contributed by atoms with Gasteiger partial charge in [0.15, 0.2) is 5.13 Å². The van der Waals surface area contributed by atoms with Crippen LogP contribution in [0, 0.1) is 6.92 Å². The number of hydrogen-bond donors (Lipinski definition) is 3. The van der Waals surface area contributed by atoms with Crippen LogP contribution in [-0.2, 0) is 14.8 Å². The van der Waals surface area contributed by atoms with Gasteiger partial charge in [0.05, 0.1) is 16.7 Å². The quantitative estimate of drug-likeness (QED) is 0.696. The third-order valence-electron chi connectivity index (χ3n) is 4.20. The zero-order chi connectivity index (χ0) is 18.9. The summed E-state index contributed by atoms with van der Waals surface area (Å²) in [4.78, 5) is 16.3. The average molecular weight is 416 g/mol. The molecule has 3 N–H and O–H groups in total. The lowest BCUT2D eigenvalue weighted by Crippen LogP contribution is -2.38. The summed E-state index contributed by atoms with van der Waals surface area (Å²) in [6.07, 6.45) is 2.21. The Bertz CT molecular complexity index is 896. The highest BCUT2D eigenvalue weighted by molar-refractivity contribution is 7.91. The van der Waals surface area contributed by atoms with Crippen LogP contribution >= 0.6 is 22.7 Å². The minimum absolute atomic E-state index is 0.134. The van der Waals surface area contributed by atoms with Crippen LogP contribution in [0.25, 0.3) is 10.4 Å². The van der Waals surface area contributed by atoms with Crippen molar-refractivity contribution < 1.29 is 18.3 Å². The fourth-order valence-corrected chi connectivity index (χ4v) is 6.48. The first kappa shape index (κ1) is 19.4. The molecule has 2 aromatic rings. The summed E-state index contributed by atoms with van der Waals surface area (Å²) < 4.78 is 28.3. The molecule has 2 heterocycles. The van der Waals surface area contributed by atoms with Crippen LogP contribution in [-0.4, -0.2) is 36.6 Å². The molecule has 1 saturated carbocycles. The largest absolute Gasteiger partial charge is 0.393 e. The number of amides is 1. The number of anilines is 1. The molecule has 0 saturated heterocycles. The third kappa shape index (κ3) is 4.49. The predicted molar refractivity (Wildman–Crippen MR) is 103 cm³/mol. The van der Waals surface area contributed by atoms with Crippen molar-refractivity contribution in [2.75, 3.05) is 5.32 Å². The van der Waals surface area contributed by atoms with Crippen molar-refractivity contribution in [1.29, 1.82) is 0 Å². The second-order valence-corrected chi connectivity index (χ2v) is 10.2. The van der Waals surface area contributed by atoms with Crippen LogP contribution in [0.5, 0.6) is 0 Å². The smallest absolute Gasteiger partial charge is 0.250 e. The number of thiazole rings is 1. The summed E-state index contributed by atoms with van der Waals surface area (Å²) in [5, 5.41) is 14.5. The van der Waals surface area contributed by atoms with Gasteiger partial charge in [-0.3, -0.25) is 4.79 Å². The first-order valence-electron chi connectivity index (χ1n) is 8.29. The van der Waals surface area contributed by atoms with E-state index in [9.17, 15) is 18.3 Å². The van der Waals surface area contributed by atoms with Crippen molar-refractivity contribution in [2.45, 2.75) is 55.9 Å². The van der Waals surface area contributed by atoms with Crippen molar-refractivity contribution in [3.8, 4) is 10.4 Å². The SMILES string of the molecule is CC(=O)Nc1nc(C)c(-c2csc(S(=O)(=O)N[C@H]3CC[C@@H](O)CC3)c2)s1. The maximum Gasteiger partial charge on any atom is 0.250 e. The number of rotatable bonds is 5. The highest BCUT2D eigenvalue weighted by atomic mass is 32.2. The van der Waals surface area contributed by atoms with Gasteiger partial charge >= 0.3 is 0 Å². The number of carbonyl (C=O) groups excluding carboxylic acids is 1. The second-order valence-electron chi connectivity index (χ2n) is 6.40. The highest BCUT2D eigenvalue weighted by Gasteiger charge is 2.26. The first-order chi connectivity index (χ1) is 12.2. The number of aryl methyl sites for hydroxylation is 1. The molecule has 1 aliphatic carbocycles. The molecule has 3 rings (SSSR count). The Kier molecular flexibility index (Phi) is 5.78. The van der Waals surface area contributed by atoms with Crippen LogP contribution in [0.1, 0.15) is 38.3 Å². The van der Waals surface area contributed by atoms with Gasteiger partial charge in [0.2, 0.25) is 15.9 Å². The van der Waals surface area contributed by atoms with Gasteiger partial charge in [-0.25, -0.2) is 18.1 Å². The van der Waals surface area contributed by atoms with Gasteiger partial charge < -0.3 is 10.4 Å². The second kappa shape index (κ2) is 7.73. The number of hydrogen-bond acceptors (Lipinski definition) is 7. The Labute approximate surface area is 160 Å². The minimum Gasteiger partial charge on any atom is -0.393 e. The van der Waals surface area contributed by atoms with Crippen LogP contribution in [0.3, 0.4) is 0 Å². The van der Waals surface area contributed by atoms with Crippen LogP contribution in [0.15, 0.2) is 15.7 Å². The lowest BCUT2D eigenvalue weighted by molar-refractivity contribution is -0.114. The van der Waals surface area contributed by atoms with E-state index in [1.807, 2.05) is 6.92 Å². The molecule has 2 aromatic heterocycles. The highest BCUT2D eigenvalue weighted by Crippen LogP contribution is 2.36. The monoisotopic (exact) mass is 415 g/mol. The van der Waals surface area contributed by atoms with E-state index in [1.54, 1.807) is 11.4 Å². The lowest BCUT2D eigenvalue weighted by Gasteiger charge is -2.25. The van der Waals surface area contributed by atoms with Crippen LogP contribution in [0.4, 0.5) is 5.13 Å². The molecule has 1 fully saturated rings. The molecule has 10 heteroatoms. The molecule has 0 radical (unpaired) electrons. The maximum atomic E-state index is 12.6. The molecule has 142 valence electrons. The molecule has 0 aromatic carbocycles. The van der Waals surface area contributed by atoms with Crippen LogP contribution < -0.4 is 10.0 Å². The summed E-state index contributed by atoms with van der Waals surface area (Å²) in [5.41, 5.74) is 1.52. The molecular weight excluding hydrogens is 394 g/mol. The van der Waals surface area contributed by atoms with Gasteiger partial charge in [-0.2, -0.15) is 0 Å². The molecule has 0 aliphatic heterocycles. The minimum atomic E-state index is -3.59. The average Bonchev–Trinajstić information content (AvgIpc) is 3.16. The summed E-state index contributed by atoms with van der Waals surface area (Å²) in [6, 6.07) is 1.51. The van der Waals surface area contributed by atoms with E-state index in [-0.39, 0.29) is 22.3 Å². The third-order valence-corrected chi connectivity index (χ3v) is 8.28. The maximum absolute atomic E-state index is 12.6. The van der Waals surface area contributed by atoms with Gasteiger partial charge in [-0.05, 0) is 38.7 Å². The van der Waals surface area contributed by atoms with Crippen molar-refractivity contribution >= 4 is 43.7 Å². The molecule has 0 spiro atoms. The standard InChI is InChI=1S/C16H21N3O4S3/c1-9-15(25-16(17-9)18-10(2)20)11-7-14(24-8-11)26(22,23)19-12-3-5-13(21)6-4-12/h7-8,12-13,19,21H,3-6H2,1-2H3,(H,17,18,20)/t12-,13+. The Morgan fingerprint density at radius 1 is 1.31 bits per heavy atom. The number of thiophene rings is 1. The fraction of sp³-hybridized carbons (Fsp3) is 0.500. The molecular formula is C16H21N3O4S3. The zero-order valence-electron chi connectivity index (χ0n) is 14.5. The van der Waals surface area contributed by atoms with Gasteiger partial charge in [0.25, 0.3) is 0 Å². The van der Waals surface area contributed by atoms with E-state index in [0.717, 1.165) is 27.5 Å². The number of nitrogens with zero attached hydrogens (tertiary/aromatic N) is 1. The van der Waals surface area contributed by atoms with Crippen molar-refractivity contribution in [3.05, 3.63) is 17.1 Å². The summed E-state index contributed by atoms with van der Waals surface area (Å²) in [7, 11) is -3.59. The predicted octanol–water partition coefficient (Wildman–Crippen LogP) is 2.72. The Hall–Kier alpha value is -1.33. The molecule has 1 amide bonds. The zero-order valence-corrected chi connectivity index (χ0v) is 16.9. The topological polar surface area (TPSA) is 108 Å². The first-order valence-corrected chi connectivity index (χ1v) is 11.5. The summed E-state index contributed by atoms with van der Waals surface area (Å²) >= 11 is 2.49. The van der Waals surface area contributed by atoms with E-state index < -0.39 is 10.0 Å². The van der Waals surface area contributed by atoms with E-state index >= 15 is 0 Å². The van der Waals surface area contributed by atoms with Crippen molar-refractivity contribution in [3.63, 3.8) is 0 Å². The Balaban J connectivity index is 1.76. The molecule has 0 unspecified atom stereocenters. The fourth-order valence-electron chi connectivity index (χ4n) is 2.92. The Morgan fingerprint density at radius 2 is 2.00 bits per heavy atom. The van der Waals surface area contributed by atoms with Gasteiger partial charge in [0.1, 0.15) is 4.21 Å². The Morgan fingerprint density at radius 3 is 2.65 bits per heavy atom. The van der Waals surface area contributed by atoms with Gasteiger partial charge in [0, 0.05) is 23.9 Å². The van der Waals surface area contributed by atoms with E-state index in [4.69, 9.17) is 0 Å².